The largest absolute Gasteiger partial charge is 0.466 e. The number of hydrogen-bond donors (Lipinski definition) is 2. The minimum Gasteiger partial charge on any atom is -0.466 e. The molecule has 0 radical (unpaired) electrons. The molecule has 0 aromatic carbocycles. The number of H-pyrrole nitrogens is 1. The number of nitrogens with zero attached hydrogens (tertiary/aromatic N) is 1. The Kier molecular flexibility index (Phi) is 4.28. The van der Waals surface area contributed by atoms with Gasteiger partial charge in [-0.25, -0.2) is 14.3 Å². The van der Waals surface area contributed by atoms with Crippen LogP contribution in [0.25, 0.3) is 0 Å². The third-order valence-corrected chi connectivity index (χ3v) is 2.63. The van der Waals surface area contributed by atoms with Gasteiger partial charge in [0.05, 0.1) is 7.11 Å². The molecule has 0 saturated heterocycles. The highest BCUT2D eigenvalue weighted by Gasteiger charge is 2.32. The number of esters is 1. The summed E-state index contributed by atoms with van der Waals surface area (Å²) in [6, 6.07) is 0. The topological polar surface area (TPSA) is 58.0 Å². The van der Waals surface area contributed by atoms with Gasteiger partial charge in [0.1, 0.15) is 0 Å². The van der Waals surface area contributed by atoms with E-state index in [0.29, 0.717) is 0 Å². The lowest BCUT2D eigenvalue weighted by atomic mass is 9.91. The van der Waals surface area contributed by atoms with Gasteiger partial charge in [0.2, 0.25) is 12.1 Å². The van der Waals surface area contributed by atoms with Crippen molar-refractivity contribution in [3.8, 4) is 0 Å². The standard InChI is InChI=1S/C14H25N3O2/c1-13(2,3)11-12(16-14(4,5)6)15-9-17(11)8-10(18)19-7/h9,16H,8H2,1-7H3/p+1. The second kappa shape index (κ2) is 5.23. The summed E-state index contributed by atoms with van der Waals surface area (Å²) < 4.78 is 6.64. The number of ether oxygens (including phenoxy) is 1. The average Bonchev–Trinajstić information content (AvgIpc) is 2.57. The van der Waals surface area contributed by atoms with E-state index in [1.54, 1.807) is 0 Å². The number of anilines is 1. The van der Waals surface area contributed by atoms with Gasteiger partial charge in [-0.05, 0) is 20.8 Å². The fraction of sp³-hybridized carbons (Fsp3) is 0.714. The minimum atomic E-state index is -0.253. The van der Waals surface area contributed by atoms with Crippen molar-refractivity contribution in [2.24, 2.45) is 0 Å². The summed E-state index contributed by atoms with van der Waals surface area (Å²) in [6.45, 7) is 12.9. The molecule has 1 heterocycles. The molecule has 0 unspecified atom stereocenters. The Hall–Kier alpha value is -1.52. The molecule has 0 fully saturated rings. The summed E-state index contributed by atoms with van der Waals surface area (Å²) in [4.78, 5) is 14.7. The second-order valence-electron chi connectivity index (χ2n) is 6.83. The number of methoxy groups -OCH3 is 1. The normalized spacial score (nSPS) is 12.4. The van der Waals surface area contributed by atoms with Crippen LogP contribution in [0.1, 0.15) is 47.2 Å². The first-order valence-electron chi connectivity index (χ1n) is 6.51. The van der Waals surface area contributed by atoms with E-state index in [9.17, 15) is 4.79 Å². The number of aromatic amines is 1. The van der Waals surface area contributed by atoms with Gasteiger partial charge in [0.25, 0.3) is 0 Å². The van der Waals surface area contributed by atoms with Crippen molar-refractivity contribution in [1.29, 1.82) is 0 Å². The molecule has 2 N–H and O–H groups in total. The molecule has 19 heavy (non-hydrogen) atoms. The first-order valence-corrected chi connectivity index (χ1v) is 6.51. The quantitative estimate of drug-likeness (QED) is 0.651. The maximum atomic E-state index is 11.5. The number of carbonyl (C=O) groups excluding carboxylic acids is 1. The van der Waals surface area contributed by atoms with Gasteiger partial charge in [-0.3, -0.25) is 0 Å². The molecule has 5 heteroatoms. The van der Waals surface area contributed by atoms with Crippen LogP contribution in [0.4, 0.5) is 5.82 Å². The zero-order valence-electron chi connectivity index (χ0n) is 13.0. The fourth-order valence-corrected chi connectivity index (χ4v) is 2.02. The van der Waals surface area contributed by atoms with Crippen molar-refractivity contribution >= 4 is 11.8 Å². The number of aromatic nitrogens is 2. The smallest absolute Gasteiger partial charge is 0.348 e. The zero-order chi connectivity index (χ0) is 14.8. The lowest BCUT2D eigenvalue weighted by molar-refractivity contribution is -0.694. The minimum absolute atomic E-state index is 0.0477. The van der Waals surface area contributed by atoms with Gasteiger partial charge >= 0.3 is 5.97 Å². The molecule has 0 aliphatic heterocycles. The summed E-state index contributed by atoms with van der Waals surface area (Å²) in [5, 5.41) is 3.44. The zero-order valence-corrected chi connectivity index (χ0v) is 13.0. The van der Waals surface area contributed by atoms with Gasteiger partial charge in [-0.1, -0.05) is 20.8 Å². The molecule has 108 valence electrons. The Morgan fingerprint density at radius 3 is 2.32 bits per heavy atom. The molecule has 1 rings (SSSR count). The highest BCUT2D eigenvalue weighted by Crippen LogP contribution is 2.27. The Morgan fingerprint density at radius 2 is 1.89 bits per heavy atom. The van der Waals surface area contributed by atoms with Crippen LogP contribution in [0, 0.1) is 0 Å². The molecule has 0 bridgehead atoms. The predicted octanol–water partition coefficient (Wildman–Crippen LogP) is 1.98. The maximum Gasteiger partial charge on any atom is 0.348 e. The van der Waals surface area contributed by atoms with E-state index in [1.165, 1.54) is 7.11 Å². The van der Waals surface area contributed by atoms with Crippen molar-refractivity contribution in [1.82, 2.24) is 4.98 Å². The van der Waals surface area contributed by atoms with E-state index in [2.05, 4.69) is 51.8 Å². The van der Waals surface area contributed by atoms with E-state index in [4.69, 9.17) is 4.74 Å². The van der Waals surface area contributed by atoms with E-state index < -0.39 is 0 Å². The van der Waals surface area contributed by atoms with Crippen LogP contribution in [0.5, 0.6) is 0 Å². The molecule has 1 aromatic rings. The van der Waals surface area contributed by atoms with Crippen LogP contribution >= 0.6 is 0 Å². The third-order valence-electron chi connectivity index (χ3n) is 2.63. The van der Waals surface area contributed by atoms with Gasteiger partial charge < -0.3 is 10.1 Å². The van der Waals surface area contributed by atoms with E-state index in [1.807, 2.05) is 10.9 Å². The summed E-state index contributed by atoms with van der Waals surface area (Å²) in [7, 11) is 1.40. The monoisotopic (exact) mass is 268 g/mol. The van der Waals surface area contributed by atoms with Gasteiger partial charge in [0.15, 0.2) is 12.2 Å². The number of rotatable bonds is 3. The highest BCUT2D eigenvalue weighted by molar-refractivity contribution is 5.67. The van der Waals surface area contributed by atoms with E-state index >= 15 is 0 Å². The van der Waals surface area contributed by atoms with Crippen molar-refractivity contribution in [2.45, 2.75) is 59.0 Å². The van der Waals surface area contributed by atoms with Gasteiger partial charge in [0, 0.05) is 11.0 Å². The lowest BCUT2D eigenvalue weighted by Crippen LogP contribution is -2.44. The second-order valence-corrected chi connectivity index (χ2v) is 6.83. The summed E-state index contributed by atoms with van der Waals surface area (Å²) in [6.07, 6.45) is 1.81. The Bertz CT molecular complexity index is 450. The predicted molar refractivity (Wildman–Crippen MR) is 75.1 cm³/mol. The summed E-state index contributed by atoms with van der Waals surface area (Å²) in [5.41, 5.74) is 0.933. The first kappa shape index (κ1) is 15.5. The van der Waals surface area contributed by atoms with E-state index in [0.717, 1.165) is 11.5 Å². The number of imidazole rings is 1. The summed E-state index contributed by atoms with van der Waals surface area (Å²) in [5.74, 6) is 0.695. The van der Waals surface area contributed by atoms with Crippen molar-refractivity contribution in [2.75, 3.05) is 12.4 Å². The average molecular weight is 268 g/mol. The van der Waals surface area contributed by atoms with Crippen molar-refractivity contribution in [3.05, 3.63) is 12.0 Å². The molecule has 1 aromatic heterocycles. The molecule has 0 aliphatic rings. The molecule has 5 nitrogen and oxygen atoms in total. The fourth-order valence-electron chi connectivity index (χ4n) is 2.02. The van der Waals surface area contributed by atoms with Crippen molar-refractivity contribution in [3.63, 3.8) is 0 Å². The lowest BCUT2D eigenvalue weighted by Gasteiger charge is -2.23. The van der Waals surface area contributed by atoms with Crippen LogP contribution in [-0.4, -0.2) is 23.6 Å². The van der Waals surface area contributed by atoms with E-state index in [-0.39, 0.29) is 23.5 Å². The molecule has 0 atom stereocenters. The summed E-state index contributed by atoms with van der Waals surface area (Å²) >= 11 is 0. The Labute approximate surface area is 115 Å². The molecule has 0 saturated carbocycles. The highest BCUT2D eigenvalue weighted by atomic mass is 16.5. The number of carbonyl (C=O) groups is 1. The van der Waals surface area contributed by atoms with Crippen LogP contribution in [0.2, 0.25) is 0 Å². The third kappa shape index (κ3) is 4.26. The number of hydrogen-bond acceptors (Lipinski definition) is 3. The SMILES string of the molecule is COC(=O)C[n+]1c[nH]c(NC(C)(C)C)c1C(C)(C)C. The van der Waals surface area contributed by atoms with Crippen LogP contribution in [0.15, 0.2) is 6.33 Å². The maximum absolute atomic E-state index is 11.5. The van der Waals surface area contributed by atoms with Crippen LogP contribution in [-0.2, 0) is 21.5 Å². The first-order chi connectivity index (χ1) is 8.54. The molecule has 0 aliphatic carbocycles. The number of nitrogens with one attached hydrogen (secondary N) is 2. The Morgan fingerprint density at radius 1 is 1.32 bits per heavy atom. The Balaban J connectivity index is 3.17. The molecule has 0 amide bonds. The molecular weight excluding hydrogens is 242 g/mol. The van der Waals surface area contributed by atoms with Gasteiger partial charge in [-0.15, -0.1) is 0 Å². The van der Waals surface area contributed by atoms with Crippen LogP contribution in [0.3, 0.4) is 0 Å². The molecule has 0 spiro atoms. The van der Waals surface area contributed by atoms with Gasteiger partial charge in [-0.2, -0.15) is 0 Å². The molecular formula is C14H26N3O2+. The van der Waals surface area contributed by atoms with Crippen LogP contribution < -0.4 is 9.88 Å². The van der Waals surface area contributed by atoms with Crippen molar-refractivity contribution < 1.29 is 14.1 Å².